The van der Waals surface area contributed by atoms with E-state index in [-0.39, 0.29) is 11.8 Å². The first-order valence-electron chi connectivity index (χ1n) is 9.69. The van der Waals surface area contributed by atoms with Crippen LogP contribution in [0.15, 0.2) is 48.5 Å². The van der Waals surface area contributed by atoms with Gasteiger partial charge in [0.25, 0.3) is 5.91 Å². The quantitative estimate of drug-likeness (QED) is 0.811. The Kier molecular flexibility index (Phi) is 6.72. The molecule has 0 aromatic heterocycles. The van der Waals surface area contributed by atoms with Gasteiger partial charge < -0.3 is 19.9 Å². The minimum Gasteiger partial charge on any atom is -0.497 e. The second-order valence-corrected chi connectivity index (χ2v) is 7.29. The molecule has 0 aliphatic carbocycles. The Morgan fingerprint density at radius 1 is 1.03 bits per heavy atom. The Morgan fingerprint density at radius 3 is 2.34 bits per heavy atom. The second kappa shape index (κ2) is 9.43. The molecule has 1 aliphatic heterocycles. The summed E-state index contributed by atoms with van der Waals surface area (Å²) in [6, 6.07) is 15.0. The van der Waals surface area contributed by atoms with Crippen molar-refractivity contribution in [2.45, 2.75) is 0 Å². The fraction of sp³-hybridized carbons (Fsp3) is 0.364. The third-order valence-corrected chi connectivity index (χ3v) is 4.98. The Bertz CT molecular complexity index is 843. The van der Waals surface area contributed by atoms with E-state index in [1.807, 2.05) is 18.2 Å². The normalized spacial score (nSPS) is 14.4. The summed E-state index contributed by atoms with van der Waals surface area (Å²) in [7, 11) is 5.10. The maximum absolute atomic E-state index is 12.4. The van der Waals surface area contributed by atoms with E-state index in [1.54, 1.807) is 45.5 Å². The third-order valence-electron chi connectivity index (χ3n) is 4.98. The van der Waals surface area contributed by atoms with Crippen molar-refractivity contribution in [3.05, 3.63) is 54.1 Å². The van der Waals surface area contributed by atoms with Gasteiger partial charge in [-0.05, 0) is 36.4 Å². The van der Waals surface area contributed by atoms with Gasteiger partial charge in [0.2, 0.25) is 5.91 Å². The van der Waals surface area contributed by atoms with Crippen molar-refractivity contribution in [3.63, 3.8) is 0 Å². The Morgan fingerprint density at radius 2 is 1.72 bits per heavy atom. The van der Waals surface area contributed by atoms with Crippen LogP contribution in [0.25, 0.3) is 0 Å². The molecular formula is C22H28N4O3. The number of hydrogen-bond donors (Lipinski definition) is 1. The Labute approximate surface area is 171 Å². The molecule has 7 heteroatoms. The summed E-state index contributed by atoms with van der Waals surface area (Å²) in [5.41, 5.74) is 2.43. The molecule has 0 spiro atoms. The molecule has 2 aromatic rings. The van der Waals surface area contributed by atoms with Gasteiger partial charge in [0, 0.05) is 63.3 Å². The number of piperazine rings is 1. The summed E-state index contributed by atoms with van der Waals surface area (Å²) < 4.78 is 5.30. The molecule has 0 radical (unpaired) electrons. The molecular weight excluding hydrogens is 368 g/mol. The third kappa shape index (κ3) is 5.48. The average molecular weight is 396 g/mol. The van der Waals surface area contributed by atoms with E-state index in [9.17, 15) is 9.59 Å². The molecule has 154 valence electrons. The summed E-state index contributed by atoms with van der Waals surface area (Å²) in [5.74, 6) is 0.742. The molecule has 29 heavy (non-hydrogen) atoms. The van der Waals surface area contributed by atoms with Crippen molar-refractivity contribution in [2.24, 2.45) is 0 Å². The van der Waals surface area contributed by atoms with Crippen LogP contribution in [-0.4, -0.2) is 75.5 Å². The number of amides is 2. The van der Waals surface area contributed by atoms with Crippen LogP contribution in [0.2, 0.25) is 0 Å². The summed E-state index contributed by atoms with van der Waals surface area (Å²) in [4.78, 5) is 30.3. The van der Waals surface area contributed by atoms with E-state index in [4.69, 9.17) is 4.74 Å². The smallest absolute Gasteiger partial charge is 0.253 e. The van der Waals surface area contributed by atoms with Gasteiger partial charge in [0.15, 0.2) is 0 Å². The highest BCUT2D eigenvalue weighted by Gasteiger charge is 2.19. The number of nitrogens with zero attached hydrogens (tertiary/aromatic N) is 3. The largest absolute Gasteiger partial charge is 0.497 e. The monoisotopic (exact) mass is 396 g/mol. The number of hydrogen-bond acceptors (Lipinski definition) is 5. The van der Waals surface area contributed by atoms with E-state index in [2.05, 4.69) is 21.2 Å². The number of nitrogens with one attached hydrogen (secondary N) is 1. The molecule has 7 nitrogen and oxygen atoms in total. The standard InChI is InChI=1S/C22H28N4O3/c1-24(2)22(28)17-7-9-18(10-8-17)23-21(27)16-25-11-13-26(14-12-25)19-5-4-6-20(15-19)29-3/h4-10,15H,11-14,16H2,1-3H3,(H,23,27). The molecule has 1 fully saturated rings. The highest BCUT2D eigenvalue weighted by molar-refractivity contribution is 5.96. The lowest BCUT2D eigenvalue weighted by Crippen LogP contribution is -2.48. The number of ether oxygens (including phenoxy) is 1. The van der Waals surface area contributed by atoms with Crippen LogP contribution >= 0.6 is 0 Å². The lowest BCUT2D eigenvalue weighted by Gasteiger charge is -2.35. The topological polar surface area (TPSA) is 65.1 Å². The molecule has 0 saturated carbocycles. The highest BCUT2D eigenvalue weighted by atomic mass is 16.5. The van der Waals surface area contributed by atoms with Crippen LogP contribution in [0.5, 0.6) is 5.75 Å². The van der Waals surface area contributed by atoms with Crippen molar-refractivity contribution < 1.29 is 14.3 Å². The number of benzene rings is 2. The van der Waals surface area contributed by atoms with E-state index in [0.717, 1.165) is 37.6 Å². The van der Waals surface area contributed by atoms with Crippen molar-refractivity contribution in [3.8, 4) is 5.75 Å². The maximum Gasteiger partial charge on any atom is 0.253 e. The second-order valence-electron chi connectivity index (χ2n) is 7.29. The molecule has 2 amide bonds. The first-order valence-corrected chi connectivity index (χ1v) is 9.69. The molecule has 1 heterocycles. The van der Waals surface area contributed by atoms with Crippen molar-refractivity contribution in [2.75, 3.05) is 64.1 Å². The first-order chi connectivity index (χ1) is 14.0. The molecule has 0 atom stereocenters. The zero-order chi connectivity index (χ0) is 20.8. The first kappa shape index (κ1) is 20.7. The highest BCUT2D eigenvalue weighted by Crippen LogP contribution is 2.22. The minimum atomic E-state index is -0.0585. The van der Waals surface area contributed by atoms with Gasteiger partial charge in [0.1, 0.15) is 5.75 Å². The fourth-order valence-electron chi connectivity index (χ4n) is 3.33. The van der Waals surface area contributed by atoms with Crippen LogP contribution in [0.1, 0.15) is 10.4 Å². The van der Waals surface area contributed by atoms with Crippen molar-refractivity contribution in [1.82, 2.24) is 9.80 Å². The van der Waals surface area contributed by atoms with Crippen molar-refractivity contribution >= 4 is 23.2 Å². The van der Waals surface area contributed by atoms with Crippen LogP contribution in [-0.2, 0) is 4.79 Å². The zero-order valence-electron chi connectivity index (χ0n) is 17.2. The molecule has 1 saturated heterocycles. The molecule has 1 N–H and O–H groups in total. The van der Waals surface area contributed by atoms with Gasteiger partial charge in [0.05, 0.1) is 13.7 Å². The van der Waals surface area contributed by atoms with Crippen LogP contribution in [0, 0.1) is 0 Å². The number of methoxy groups -OCH3 is 1. The fourth-order valence-corrected chi connectivity index (χ4v) is 3.33. The van der Waals surface area contributed by atoms with Gasteiger partial charge in [-0.1, -0.05) is 6.07 Å². The van der Waals surface area contributed by atoms with Gasteiger partial charge in [-0.25, -0.2) is 0 Å². The predicted molar refractivity (Wildman–Crippen MR) is 115 cm³/mol. The summed E-state index contributed by atoms with van der Waals surface area (Å²) in [5, 5.41) is 2.91. The van der Waals surface area contributed by atoms with E-state index in [1.165, 1.54) is 4.90 Å². The van der Waals surface area contributed by atoms with Gasteiger partial charge >= 0.3 is 0 Å². The summed E-state index contributed by atoms with van der Waals surface area (Å²) in [6.07, 6.45) is 0. The molecule has 1 aliphatic rings. The SMILES string of the molecule is COc1cccc(N2CCN(CC(=O)Nc3ccc(C(=O)N(C)C)cc3)CC2)c1. The summed E-state index contributed by atoms with van der Waals surface area (Å²) in [6.45, 7) is 3.72. The van der Waals surface area contributed by atoms with E-state index >= 15 is 0 Å². The molecule has 0 unspecified atom stereocenters. The number of carbonyl (C=O) groups excluding carboxylic acids is 2. The number of rotatable bonds is 6. The molecule has 2 aromatic carbocycles. The van der Waals surface area contributed by atoms with E-state index < -0.39 is 0 Å². The van der Waals surface area contributed by atoms with Crippen molar-refractivity contribution in [1.29, 1.82) is 0 Å². The lowest BCUT2D eigenvalue weighted by molar-refractivity contribution is -0.117. The zero-order valence-corrected chi connectivity index (χ0v) is 17.2. The van der Waals surface area contributed by atoms with Gasteiger partial charge in [-0.15, -0.1) is 0 Å². The van der Waals surface area contributed by atoms with Crippen LogP contribution in [0.4, 0.5) is 11.4 Å². The minimum absolute atomic E-state index is 0.0495. The molecule has 0 bridgehead atoms. The number of anilines is 2. The predicted octanol–water partition coefficient (Wildman–Crippen LogP) is 2.16. The van der Waals surface area contributed by atoms with Gasteiger partial charge in [-0.2, -0.15) is 0 Å². The Balaban J connectivity index is 1.48. The average Bonchev–Trinajstić information content (AvgIpc) is 2.74. The van der Waals surface area contributed by atoms with Gasteiger partial charge in [-0.3, -0.25) is 14.5 Å². The lowest BCUT2D eigenvalue weighted by atomic mass is 10.2. The summed E-state index contributed by atoms with van der Waals surface area (Å²) >= 11 is 0. The maximum atomic E-state index is 12.4. The number of carbonyl (C=O) groups is 2. The van der Waals surface area contributed by atoms with Crippen LogP contribution in [0.3, 0.4) is 0 Å². The van der Waals surface area contributed by atoms with Crippen LogP contribution < -0.4 is 15.0 Å². The Hall–Kier alpha value is -3.06. The molecule has 3 rings (SSSR count). The van der Waals surface area contributed by atoms with E-state index in [0.29, 0.717) is 17.8 Å².